The first-order valence-electron chi connectivity index (χ1n) is 10.7. The monoisotopic (exact) mass is 459 g/mol. The van der Waals surface area contributed by atoms with Gasteiger partial charge in [0.15, 0.2) is 0 Å². The first kappa shape index (κ1) is 23.7. The molecular formula is C23H26FN3O4S. The highest BCUT2D eigenvalue weighted by molar-refractivity contribution is 8.00. The molecule has 0 spiro atoms. The second kappa shape index (κ2) is 11.6. The Kier molecular flexibility index (Phi) is 8.61. The number of halogens is 1. The zero-order valence-electron chi connectivity index (χ0n) is 17.6. The lowest BCUT2D eigenvalue weighted by Crippen LogP contribution is -2.36. The summed E-state index contributed by atoms with van der Waals surface area (Å²) in [5.74, 6) is -1.35. The van der Waals surface area contributed by atoms with Crippen LogP contribution in [-0.4, -0.2) is 28.5 Å². The number of nitro benzene ring substituents is 1. The molecule has 1 aliphatic rings. The number of nitrogens with one attached hydrogen (secondary N) is 2. The molecule has 0 atom stereocenters. The number of amides is 2. The molecule has 0 saturated heterocycles. The van der Waals surface area contributed by atoms with Crippen LogP contribution in [0.4, 0.5) is 15.8 Å². The van der Waals surface area contributed by atoms with Crippen LogP contribution in [0.1, 0.15) is 55.3 Å². The smallest absolute Gasteiger partial charge is 0.306 e. The van der Waals surface area contributed by atoms with E-state index in [4.69, 9.17) is 0 Å². The molecule has 2 amide bonds. The number of hydrogen-bond donors (Lipinski definition) is 2. The maximum Gasteiger partial charge on any atom is 0.306 e. The van der Waals surface area contributed by atoms with Gasteiger partial charge in [0.2, 0.25) is 11.7 Å². The molecule has 0 bridgehead atoms. The molecule has 1 saturated carbocycles. The van der Waals surface area contributed by atoms with E-state index in [2.05, 4.69) is 10.6 Å². The van der Waals surface area contributed by atoms with Crippen molar-refractivity contribution in [3.63, 3.8) is 0 Å². The maximum absolute atomic E-state index is 13.5. The third-order valence-electron chi connectivity index (χ3n) is 5.36. The van der Waals surface area contributed by atoms with Crippen LogP contribution in [0.5, 0.6) is 0 Å². The summed E-state index contributed by atoms with van der Waals surface area (Å²) in [5.41, 5.74) is -0.260. The number of thioether (sulfide) groups is 1. The lowest BCUT2D eigenvalue weighted by Gasteiger charge is -2.21. The Morgan fingerprint density at radius 1 is 1.06 bits per heavy atom. The minimum absolute atomic E-state index is 0.0649. The second-order valence-corrected chi connectivity index (χ2v) is 8.79. The standard InChI is InChI=1S/C23H26FN3O4S/c24-19-13-12-17(14-20(19)27(30)31)26-23(29)18-10-6-7-11-21(18)32-15-22(28)25-16-8-4-2-1-3-5-9-16/h6-7,10-14,16H,1-5,8-9,15H2,(H,25,28)(H,26,29). The van der Waals surface area contributed by atoms with E-state index in [9.17, 15) is 24.1 Å². The average molecular weight is 460 g/mol. The molecule has 1 aliphatic carbocycles. The van der Waals surface area contributed by atoms with E-state index in [0.717, 1.165) is 37.8 Å². The van der Waals surface area contributed by atoms with Gasteiger partial charge >= 0.3 is 5.69 Å². The molecule has 2 aromatic carbocycles. The van der Waals surface area contributed by atoms with Gasteiger partial charge in [0, 0.05) is 22.7 Å². The molecule has 1 fully saturated rings. The number of benzene rings is 2. The number of hydrogen-bond acceptors (Lipinski definition) is 5. The van der Waals surface area contributed by atoms with Crippen LogP contribution in [0, 0.1) is 15.9 Å². The molecular weight excluding hydrogens is 433 g/mol. The number of carbonyl (C=O) groups excluding carboxylic acids is 2. The Balaban J connectivity index is 1.61. The van der Waals surface area contributed by atoms with Crippen LogP contribution in [0.3, 0.4) is 0 Å². The van der Waals surface area contributed by atoms with Gasteiger partial charge in [0.05, 0.1) is 16.2 Å². The molecule has 3 rings (SSSR count). The van der Waals surface area contributed by atoms with Crippen molar-refractivity contribution >= 4 is 35.0 Å². The summed E-state index contributed by atoms with van der Waals surface area (Å²) in [6, 6.07) is 10.2. The number of nitrogens with zero attached hydrogens (tertiary/aromatic N) is 1. The van der Waals surface area contributed by atoms with Crippen molar-refractivity contribution in [3.8, 4) is 0 Å². The number of anilines is 1. The van der Waals surface area contributed by atoms with Crippen molar-refractivity contribution in [1.82, 2.24) is 5.32 Å². The minimum Gasteiger partial charge on any atom is -0.353 e. The van der Waals surface area contributed by atoms with Gasteiger partial charge in [-0.05, 0) is 37.1 Å². The van der Waals surface area contributed by atoms with Gasteiger partial charge < -0.3 is 10.6 Å². The third kappa shape index (κ3) is 6.78. The van der Waals surface area contributed by atoms with Gasteiger partial charge in [-0.15, -0.1) is 11.8 Å². The maximum atomic E-state index is 13.5. The SMILES string of the molecule is O=C(CSc1ccccc1C(=O)Nc1ccc(F)c([N+](=O)[O-])c1)NC1CCCCCCC1. The van der Waals surface area contributed by atoms with Crippen molar-refractivity contribution in [2.24, 2.45) is 0 Å². The fourth-order valence-electron chi connectivity index (χ4n) is 3.72. The molecule has 0 unspecified atom stereocenters. The van der Waals surface area contributed by atoms with Crippen LogP contribution >= 0.6 is 11.8 Å². The van der Waals surface area contributed by atoms with Crippen molar-refractivity contribution in [1.29, 1.82) is 0 Å². The number of carbonyl (C=O) groups is 2. The summed E-state index contributed by atoms with van der Waals surface area (Å²) in [5, 5.41) is 16.6. The van der Waals surface area contributed by atoms with Gasteiger partial charge in [-0.3, -0.25) is 19.7 Å². The second-order valence-electron chi connectivity index (χ2n) is 7.77. The Morgan fingerprint density at radius 2 is 1.75 bits per heavy atom. The Hall–Kier alpha value is -2.94. The van der Waals surface area contributed by atoms with Crippen molar-refractivity contribution in [3.05, 3.63) is 64.0 Å². The van der Waals surface area contributed by atoms with Crippen LogP contribution in [0.2, 0.25) is 0 Å². The zero-order valence-corrected chi connectivity index (χ0v) is 18.5. The summed E-state index contributed by atoms with van der Waals surface area (Å²) in [6.07, 6.45) is 7.94. The molecule has 7 nitrogen and oxygen atoms in total. The van der Waals surface area contributed by atoms with Gasteiger partial charge in [-0.1, -0.05) is 44.2 Å². The first-order valence-corrected chi connectivity index (χ1v) is 11.7. The molecule has 32 heavy (non-hydrogen) atoms. The van der Waals surface area contributed by atoms with Crippen molar-refractivity contribution in [2.75, 3.05) is 11.1 Å². The Labute approximate surface area is 190 Å². The predicted octanol–water partition coefficient (Wildman–Crippen LogP) is 5.31. The molecule has 0 radical (unpaired) electrons. The fraction of sp³-hybridized carbons (Fsp3) is 0.391. The first-order chi connectivity index (χ1) is 15.4. The Bertz CT molecular complexity index is 977. The fourth-order valence-corrected chi connectivity index (χ4v) is 4.58. The van der Waals surface area contributed by atoms with Crippen molar-refractivity contribution in [2.45, 2.75) is 55.9 Å². The summed E-state index contributed by atoms with van der Waals surface area (Å²) in [4.78, 5) is 35.9. The minimum atomic E-state index is -0.973. The third-order valence-corrected chi connectivity index (χ3v) is 6.43. The Morgan fingerprint density at radius 3 is 2.47 bits per heavy atom. The molecule has 170 valence electrons. The van der Waals surface area contributed by atoms with E-state index in [-0.39, 0.29) is 23.4 Å². The van der Waals surface area contributed by atoms with E-state index in [1.165, 1.54) is 37.1 Å². The van der Waals surface area contributed by atoms with E-state index in [0.29, 0.717) is 10.5 Å². The highest BCUT2D eigenvalue weighted by Crippen LogP contribution is 2.26. The number of rotatable bonds is 7. The number of nitro groups is 1. The van der Waals surface area contributed by atoms with E-state index < -0.39 is 22.3 Å². The van der Waals surface area contributed by atoms with Crippen LogP contribution in [0.25, 0.3) is 0 Å². The highest BCUT2D eigenvalue weighted by Gasteiger charge is 2.18. The van der Waals surface area contributed by atoms with Crippen LogP contribution in [-0.2, 0) is 4.79 Å². The lowest BCUT2D eigenvalue weighted by atomic mass is 9.97. The quantitative estimate of drug-likeness (QED) is 0.332. The molecule has 0 heterocycles. The van der Waals surface area contributed by atoms with E-state index >= 15 is 0 Å². The summed E-state index contributed by atoms with van der Waals surface area (Å²) >= 11 is 1.26. The molecule has 9 heteroatoms. The van der Waals surface area contributed by atoms with Crippen molar-refractivity contribution < 1.29 is 18.9 Å². The van der Waals surface area contributed by atoms with Crippen LogP contribution in [0.15, 0.2) is 47.4 Å². The summed E-state index contributed by atoms with van der Waals surface area (Å²) in [6.45, 7) is 0. The van der Waals surface area contributed by atoms with Gasteiger partial charge in [0.1, 0.15) is 0 Å². The molecule has 0 aliphatic heterocycles. The molecule has 0 aromatic heterocycles. The normalized spacial score (nSPS) is 14.8. The van der Waals surface area contributed by atoms with E-state index in [1.54, 1.807) is 24.3 Å². The topological polar surface area (TPSA) is 101 Å². The van der Waals surface area contributed by atoms with Crippen LogP contribution < -0.4 is 10.6 Å². The summed E-state index contributed by atoms with van der Waals surface area (Å²) < 4.78 is 13.5. The largest absolute Gasteiger partial charge is 0.353 e. The molecule has 2 N–H and O–H groups in total. The lowest BCUT2D eigenvalue weighted by molar-refractivity contribution is -0.387. The van der Waals surface area contributed by atoms with Gasteiger partial charge in [-0.2, -0.15) is 4.39 Å². The zero-order chi connectivity index (χ0) is 22.9. The average Bonchev–Trinajstić information content (AvgIpc) is 2.75. The van der Waals surface area contributed by atoms with Gasteiger partial charge in [-0.25, -0.2) is 0 Å². The predicted molar refractivity (Wildman–Crippen MR) is 122 cm³/mol. The molecule has 2 aromatic rings. The summed E-state index contributed by atoms with van der Waals surface area (Å²) in [7, 11) is 0. The highest BCUT2D eigenvalue weighted by atomic mass is 32.2. The van der Waals surface area contributed by atoms with E-state index in [1.807, 2.05) is 0 Å². The van der Waals surface area contributed by atoms with Gasteiger partial charge in [0.25, 0.3) is 5.91 Å².